The molecule has 0 spiro atoms. The molecule has 1 rings (SSSR count). The molecule has 0 bridgehead atoms. The third kappa shape index (κ3) is 2.15. The Morgan fingerprint density at radius 3 is 2.53 bits per heavy atom. The van der Waals surface area contributed by atoms with Gasteiger partial charge in [-0.1, -0.05) is 13.0 Å². The molecule has 4 nitrogen and oxygen atoms in total. The number of hydrogen-bond acceptors (Lipinski definition) is 3. The van der Waals surface area contributed by atoms with Gasteiger partial charge in [0.1, 0.15) is 5.56 Å². The lowest BCUT2D eigenvalue weighted by molar-refractivity contribution is -0.385. The van der Waals surface area contributed by atoms with E-state index in [0.29, 0.717) is 12.0 Å². The van der Waals surface area contributed by atoms with Gasteiger partial charge in [-0.25, -0.2) is 0 Å². The van der Waals surface area contributed by atoms with Crippen molar-refractivity contribution in [2.45, 2.75) is 20.3 Å². The first-order chi connectivity index (χ1) is 6.99. The smallest absolute Gasteiger partial charge is 0.275 e. The lowest BCUT2D eigenvalue weighted by atomic mass is 10.0. The number of nitro groups is 1. The van der Waals surface area contributed by atoms with Crippen molar-refractivity contribution in [2.75, 3.05) is 0 Å². The van der Waals surface area contributed by atoms with E-state index in [2.05, 4.69) is 0 Å². The average molecular weight is 228 g/mol. The maximum Gasteiger partial charge on any atom is 0.284 e. The Balaban J connectivity index is 3.56. The van der Waals surface area contributed by atoms with Gasteiger partial charge in [-0.2, -0.15) is 0 Å². The quantitative estimate of drug-likeness (QED) is 0.453. The monoisotopic (exact) mass is 227 g/mol. The van der Waals surface area contributed by atoms with Crippen molar-refractivity contribution in [2.24, 2.45) is 0 Å². The van der Waals surface area contributed by atoms with Crippen molar-refractivity contribution in [3.05, 3.63) is 38.9 Å². The zero-order valence-electron chi connectivity index (χ0n) is 8.41. The van der Waals surface area contributed by atoms with Crippen LogP contribution in [-0.4, -0.2) is 10.2 Å². The summed E-state index contributed by atoms with van der Waals surface area (Å²) in [7, 11) is 0. The Labute approximate surface area is 92.0 Å². The van der Waals surface area contributed by atoms with Crippen LogP contribution in [0, 0.1) is 17.0 Å². The Hall–Kier alpha value is -1.42. The largest absolute Gasteiger partial charge is 0.284 e. The summed E-state index contributed by atoms with van der Waals surface area (Å²) in [5.74, 6) is 0. The Bertz CT molecular complexity index is 429. The number of rotatable bonds is 3. The van der Waals surface area contributed by atoms with E-state index in [0.717, 1.165) is 5.56 Å². The minimum atomic E-state index is -0.795. The summed E-state index contributed by atoms with van der Waals surface area (Å²) in [5, 5.41) is 10.1. The van der Waals surface area contributed by atoms with E-state index in [1.807, 2.05) is 0 Å². The second kappa shape index (κ2) is 4.40. The van der Waals surface area contributed by atoms with Crippen molar-refractivity contribution in [3.8, 4) is 0 Å². The van der Waals surface area contributed by atoms with Crippen LogP contribution in [-0.2, 0) is 6.42 Å². The van der Waals surface area contributed by atoms with E-state index in [1.54, 1.807) is 19.9 Å². The van der Waals surface area contributed by atoms with Gasteiger partial charge in [0.15, 0.2) is 0 Å². The molecule has 0 unspecified atom stereocenters. The molecule has 0 aliphatic heterocycles. The second-order valence-electron chi connectivity index (χ2n) is 3.14. The average Bonchev–Trinajstić information content (AvgIpc) is 2.16. The predicted octanol–water partition coefficient (Wildman–Crippen LogP) is 2.84. The van der Waals surface area contributed by atoms with Crippen molar-refractivity contribution in [1.29, 1.82) is 0 Å². The lowest BCUT2D eigenvalue weighted by Gasteiger charge is -2.06. The van der Waals surface area contributed by atoms with Gasteiger partial charge >= 0.3 is 0 Å². The maximum absolute atomic E-state index is 11.0. The number of benzene rings is 1. The third-order valence-electron chi connectivity index (χ3n) is 2.26. The van der Waals surface area contributed by atoms with Gasteiger partial charge in [-0.15, -0.1) is 0 Å². The fourth-order valence-electron chi connectivity index (χ4n) is 1.55. The third-order valence-corrected chi connectivity index (χ3v) is 2.47. The summed E-state index contributed by atoms with van der Waals surface area (Å²) >= 11 is 5.29. The first-order valence-electron chi connectivity index (χ1n) is 4.45. The molecule has 0 radical (unpaired) electrons. The van der Waals surface area contributed by atoms with Crippen LogP contribution in [0.4, 0.5) is 5.69 Å². The molecule has 0 aromatic heterocycles. The summed E-state index contributed by atoms with van der Waals surface area (Å²) in [4.78, 5) is 21.3. The van der Waals surface area contributed by atoms with Crippen LogP contribution in [0.5, 0.6) is 0 Å². The second-order valence-corrected chi connectivity index (χ2v) is 3.48. The van der Waals surface area contributed by atoms with E-state index in [1.165, 1.54) is 6.07 Å². The fourth-order valence-corrected chi connectivity index (χ4v) is 1.70. The molecule has 0 amide bonds. The van der Waals surface area contributed by atoms with Gasteiger partial charge in [0.25, 0.3) is 10.9 Å². The Morgan fingerprint density at radius 2 is 2.13 bits per heavy atom. The molecular weight excluding hydrogens is 218 g/mol. The van der Waals surface area contributed by atoms with E-state index >= 15 is 0 Å². The van der Waals surface area contributed by atoms with Crippen LogP contribution in [0.1, 0.15) is 28.4 Å². The lowest BCUT2D eigenvalue weighted by Crippen LogP contribution is -2.04. The van der Waals surface area contributed by atoms with Crippen molar-refractivity contribution >= 4 is 22.5 Å². The molecule has 5 heteroatoms. The zero-order chi connectivity index (χ0) is 11.6. The van der Waals surface area contributed by atoms with Gasteiger partial charge in [0, 0.05) is 5.56 Å². The summed E-state index contributed by atoms with van der Waals surface area (Å²) in [6.07, 6.45) is 0.500. The van der Waals surface area contributed by atoms with Crippen LogP contribution in [0.15, 0.2) is 12.1 Å². The molecule has 1 aromatic carbocycles. The standard InChI is InChI=1S/C10H10ClNO3/c1-3-7-6(2)4-5-8(10(11)13)9(7)12(14)15/h4-5H,3H2,1-2H3. The van der Waals surface area contributed by atoms with Gasteiger partial charge in [0.2, 0.25) is 0 Å². The molecule has 80 valence electrons. The van der Waals surface area contributed by atoms with Crippen LogP contribution in [0.25, 0.3) is 0 Å². The zero-order valence-corrected chi connectivity index (χ0v) is 9.17. The normalized spacial score (nSPS) is 10.1. The molecule has 0 atom stereocenters. The highest BCUT2D eigenvalue weighted by Crippen LogP contribution is 2.28. The highest BCUT2D eigenvalue weighted by atomic mass is 35.5. The first-order valence-corrected chi connectivity index (χ1v) is 4.83. The number of carbonyl (C=O) groups is 1. The van der Waals surface area contributed by atoms with Crippen molar-refractivity contribution in [3.63, 3.8) is 0 Å². The van der Waals surface area contributed by atoms with E-state index in [4.69, 9.17) is 11.6 Å². The minimum Gasteiger partial charge on any atom is -0.275 e. The molecule has 0 saturated carbocycles. The van der Waals surface area contributed by atoms with E-state index < -0.39 is 10.2 Å². The van der Waals surface area contributed by atoms with Gasteiger partial charge in [-0.05, 0) is 36.6 Å². The van der Waals surface area contributed by atoms with Crippen LogP contribution in [0.3, 0.4) is 0 Å². The number of hydrogen-bond donors (Lipinski definition) is 0. The SMILES string of the molecule is CCc1c(C)ccc(C(=O)Cl)c1[N+](=O)[O-]. The van der Waals surface area contributed by atoms with E-state index in [9.17, 15) is 14.9 Å². The Morgan fingerprint density at radius 1 is 1.53 bits per heavy atom. The van der Waals surface area contributed by atoms with Crippen molar-refractivity contribution < 1.29 is 9.72 Å². The van der Waals surface area contributed by atoms with Crippen LogP contribution < -0.4 is 0 Å². The number of carbonyl (C=O) groups excluding carboxylic acids is 1. The molecule has 1 aromatic rings. The van der Waals surface area contributed by atoms with E-state index in [-0.39, 0.29) is 11.3 Å². The van der Waals surface area contributed by atoms with Crippen LogP contribution in [0.2, 0.25) is 0 Å². The fraction of sp³-hybridized carbons (Fsp3) is 0.300. The minimum absolute atomic E-state index is 0.0379. The number of aryl methyl sites for hydroxylation is 1. The van der Waals surface area contributed by atoms with Crippen molar-refractivity contribution in [1.82, 2.24) is 0 Å². The first kappa shape index (κ1) is 11.7. The maximum atomic E-state index is 11.0. The molecule has 0 fully saturated rings. The molecular formula is C10H10ClNO3. The Kier molecular flexibility index (Phi) is 3.42. The summed E-state index contributed by atoms with van der Waals surface area (Å²) < 4.78 is 0. The molecule has 15 heavy (non-hydrogen) atoms. The summed E-state index contributed by atoms with van der Waals surface area (Å²) in [6, 6.07) is 3.06. The molecule has 0 N–H and O–H groups in total. The molecule has 0 aliphatic carbocycles. The number of nitrogens with zero attached hydrogens (tertiary/aromatic N) is 1. The van der Waals surface area contributed by atoms with Gasteiger partial charge in [-0.3, -0.25) is 14.9 Å². The molecule has 0 aliphatic rings. The summed E-state index contributed by atoms with van der Waals surface area (Å²) in [5.41, 5.74) is 1.15. The van der Waals surface area contributed by atoms with Gasteiger partial charge < -0.3 is 0 Å². The molecule has 0 heterocycles. The summed E-state index contributed by atoms with van der Waals surface area (Å²) in [6.45, 7) is 3.58. The topological polar surface area (TPSA) is 60.2 Å². The number of halogens is 1. The molecule has 0 saturated heterocycles. The van der Waals surface area contributed by atoms with Gasteiger partial charge in [0.05, 0.1) is 4.92 Å². The number of nitro benzene ring substituents is 1. The van der Waals surface area contributed by atoms with Crippen LogP contribution >= 0.6 is 11.6 Å². The highest BCUT2D eigenvalue weighted by molar-refractivity contribution is 6.68. The predicted molar refractivity (Wildman–Crippen MR) is 57.4 cm³/mol. The highest BCUT2D eigenvalue weighted by Gasteiger charge is 2.23.